The van der Waals surface area contributed by atoms with Crippen molar-refractivity contribution in [3.63, 3.8) is 0 Å². The average Bonchev–Trinajstić information content (AvgIpc) is 2.26. The van der Waals surface area contributed by atoms with Crippen molar-refractivity contribution in [2.75, 3.05) is 5.32 Å². The van der Waals surface area contributed by atoms with E-state index in [-0.39, 0.29) is 5.56 Å². The Bertz CT molecular complexity index is 394. The van der Waals surface area contributed by atoms with Crippen molar-refractivity contribution in [2.45, 2.75) is 0 Å². The first-order chi connectivity index (χ1) is 7.13. The molecule has 0 bridgehead atoms. The molecule has 0 radical (unpaired) electrons. The predicted molar refractivity (Wildman–Crippen MR) is 53.8 cm³/mol. The molecule has 0 aromatic heterocycles. The summed E-state index contributed by atoms with van der Waals surface area (Å²) in [5, 5.41) is 20.0. The fourth-order valence-corrected chi connectivity index (χ4v) is 0.900. The van der Waals surface area contributed by atoms with Gasteiger partial charge in [0.05, 0.1) is 5.56 Å². The van der Waals surface area contributed by atoms with Crippen LogP contribution in [-0.4, -0.2) is 22.5 Å². The number of carbonyl (C=O) groups excluding carboxylic acids is 1. The summed E-state index contributed by atoms with van der Waals surface area (Å²) < 4.78 is 0. The molecule has 0 saturated heterocycles. The van der Waals surface area contributed by atoms with Gasteiger partial charge in [0.25, 0.3) is 0 Å². The second-order valence-corrected chi connectivity index (χ2v) is 2.71. The molecule has 0 saturated carbocycles. The SMILES string of the molecule is O=C/C(O)=C\Nc1ccc(C(=O)O)cc1. The number of carboxylic acid groups (broad SMARTS) is 1. The Kier molecular flexibility index (Phi) is 3.45. The van der Waals surface area contributed by atoms with Crippen molar-refractivity contribution in [2.24, 2.45) is 0 Å². The van der Waals surface area contributed by atoms with Crippen LogP contribution in [0.25, 0.3) is 0 Å². The van der Waals surface area contributed by atoms with Gasteiger partial charge in [-0.05, 0) is 24.3 Å². The Morgan fingerprint density at radius 2 is 1.80 bits per heavy atom. The number of aliphatic hydroxyl groups is 1. The highest BCUT2D eigenvalue weighted by Gasteiger charge is 2.00. The van der Waals surface area contributed by atoms with Crippen molar-refractivity contribution in [3.8, 4) is 0 Å². The first kappa shape index (κ1) is 10.8. The number of carboxylic acids is 1. The van der Waals surface area contributed by atoms with E-state index in [4.69, 9.17) is 10.2 Å². The maximum absolute atomic E-state index is 10.5. The van der Waals surface area contributed by atoms with E-state index < -0.39 is 11.7 Å². The largest absolute Gasteiger partial charge is 0.504 e. The molecule has 0 atom stereocenters. The lowest BCUT2D eigenvalue weighted by Gasteiger charge is -2.00. The third-order valence-electron chi connectivity index (χ3n) is 1.64. The minimum atomic E-state index is -1.01. The quantitative estimate of drug-likeness (QED) is 0.394. The number of allylic oxidation sites excluding steroid dienone is 1. The van der Waals surface area contributed by atoms with Gasteiger partial charge in [-0.15, -0.1) is 0 Å². The zero-order chi connectivity index (χ0) is 11.3. The highest BCUT2D eigenvalue weighted by molar-refractivity contribution is 5.88. The molecule has 1 rings (SSSR count). The molecule has 3 N–H and O–H groups in total. The molecular weight excluding hydrogens is 198 g/mol. The average molecular weight is 207 g/mol. The normalized spacial score (nSPS) is 10.8. The van der Waals surface area contributed by atoms with Gasteiger partial charge in [0, 0.05) is 11.9 Å². The molecule has 0 aliphatic rings. The first-order valence-electron chi connectivity index (χ1n) is 4.07. The van der Waals surface area contributed by atoms with Crippen LogP contribution in [0.3, 0.4) is 0 Å². The van der Waals surface area contributed by atoms with Crippen LogP contribution >= 0.6 is 0 Å². The maximum atomic E-state index is 10.5. The Hall–Kier alpha value is -2.30. The molecular formula is C10H9NO4. The van der Waals surface area contributed by atoms with Crippen LogP contribution in [0.15, 0.2) is 36.2 Å². The molecule has 0 aliphatic carbocycles. The number of aldehydes is 1. The fourth-order valence-electron chi connectivity index (χ4n) is 0.900. The molecule has 1 aromatic rings. The van der Waals surface area contributed by atoms with Gasteiger partial charge in [-0.25, -0.2) is 4.79 Å². The van der Waals surface area contributed by atoms with Crippen LogP contribution < -0.4 is 5.32 Å². The van der Waals surface area contributed by atoms with Gasteiger partial charge >= 0.3 is 5.97 Å². The van der Waals surface area contributed by atoms with Gasteiger partial charge in [0.2, 0.25) is 0 Å². The lowest BCUT2D eigenvalue weighted by molar-refractivity contribution is -0.106. The first-order valence-corrected chi connectivity index (χ1v) is 4.07. The summed E-state index contributed by atoms with van der Waals surface area (Å²) in [6.07, 6.45) is 1.40. The summed E-state index contributed by atoms with van der Waals surface area (Å²) in [6, 6.07) is 5.88. The summed E-state index contributed by atoms with van der Waals surface area (Å²) in [7, 11) is 0. The number of hydrogen-bond donors (Lipinski definition) is 3. The molecule has 0 fully saturated rings. The summed E-state index contributed by atoms with van der Waals surface area (Å²) in [4.78, 5) is 20.5. The topological polar surface area (TPSA) is 86.6 Å². The van der Waals surface area contributed by atoms with Crippen LogP contribution in [0.1, 0.15) is 10.4 Å². The van der Waals surface area contributed by atoms with Crippen molar-refractivity contribution in [3.05, 3.63) is 41.8 Å². The van der Waals surface area contributed by atoms with E-state index >= 15 is 0 Å². The van der Waals surface area contributed by atoms with E-state index in [9.17, 15) is 9.59 Å². The Labute approximate surface area is 85.7 Å². The zero-order valence-electron chi connectivity index (χ0n) is 7.68. The van der Waals surface area contributed by atoms with Crippen molar-refractivity contribution >= 4 is 17.9 Å². The molecule has 15 heavy (non-hydrogen) atoms. The second kappa shape index (κ2) is 4.80. The van der Waals surface area contributed by atoms with Gasteiger partial charge < -0.3 is 15.5 Å². The van der Waals surface area contributed by atoms with Crippen LogP contribution in [0.5, 0.6) is 0 Å². The minimum Gasteiger partial charge on any atom is -0.504 e. The van der Waals surface area contributed by atoms with E-state index in [0.717, 1.165) is 6.20 Å². The number of hydrogen-bond acceptors (Lipinski definition) is 4. The van der Waals surface area contributed by atoms with Crippen LogP contribution in [0, 0.1) is 0 Å². The van der Waals surface area contributed by atoms with Crippen molar-refractivity contribution < 1.29 is 19.8 Å². The number of nitrogens with one attached hydrogen (secondary N) is 1. The highest BCUT2D eigenvalue weighted by Crippen LogP contribution is 2.09. The molecule has 5 nitrogen and oxygen atoms in total. The lowest BCUT2D eigenvalue weighted by Crippen LogP contribution is -1.97. The lowest BCUT2D eigenvalue weighted by atomic mass is 10.2. The number of benzene rings is 1. The van der Waals surface area contributed by atoms with E-state index in [1.165, 1.54) is 24.3 Å². The molecule has 78 valence electrons. The summed E-state index contributed by atoms with van der Waals surface area (Å²) in [6.45, 7) is 0. The van der Waals surface area contributed by atoms with E-state index in [2.05, 4.69) is 5.32 Å². The molecule has 0 aliphatic heterocycles. The summed E-state index contributed by atoms with van der Waals surface area (Å²) in [5.41, 5.74) is 0.748. The standard InChI is InChI=1S/C10H9NO4/c12-6-9(13)5-11-8-3-1-7(2-4-8)10(14)15/h1-6,11,13H,(H,14,15)/b9-5+. The van der Waals surface area contributed by atoms with Gasteiger partial charge in [0.1, 0.15) is 0 Å². The van der Waals surface area contributed by atoms with Crippen molar-refractivity contribution in [1.29, 1.82) is 0 Å². The molecule has 1 aromatic carbocycles. The Balaban J connectivity index is 2.73. The van der Waals surface area contributed by atoms with Gasteiger partial charge in [-0.3, -0.25) is 4.79 Å². The van der Waals surface area contributed by atoms with E-state index in [1.54, 1.807) is 0 Å². The number of aromatic carboxylic acids is 1. The number of rotatable bonds is 4. The number of carbonyl (C=O) groups is 2. The third-order valence-corrected chi connectivity index (χ3v) is 1.64. The van der Waals surface area contributed by atoms with Gasteiger partial charge in [-0.2, -0.15) is 0 Å². The monoisotopic (exact) mass is 207 g/mol. The van der Waals surface area contributed by atoms with E-state index in [0.29, 0.717) is 12.0 Å². The molecule has 0 unspecified atom stereocenters. The third kappa shape index (κ3) is 3.15. The second-order valence-electron chi connectivity index (χ2n) is 2.71. The smallest absolute Gasteiger partial charge is 0.335 e. The Morgan fingerprint density at radius 1 is 1.20 bits per heavy atom. The van der Waals surface area contributed by atoms with Crippen LogP contribution in [0.4, 0.5) is 5.69 Å². The molecule has 0 spiro atoms. The van der Waals surface area contributed by atoms with E-state index in [1.807, 2.05) is 0 Å². The summed E-state index contributed by atoms with van der Waals surface area (Å²) in [5.74, 6) is -1.44. The summed E-state index contributed by atoms with van der Waals surface area (Å²) >= 11 is 0. The Morgan fingerprint density at radius 3 is 2.27 bits per heavy atom. The predicted octanol–water partition coefficient (Wildman–Crippen LogP) is 1.40. The zero-order valence-corrected chi connectivity index (χ0v) is 7.68. The van der Waals surface area contributed by atoms with Crippen molar-refractivity contribution in [1.82, 2.24) is 0 Å². The minimum absolute atomic E-state index is 0.170. The van der Waals surface area contributed by atoms with Gasteiger partial charge in [-0.1, -0.05) is 0 Å². The highest BCUT2D eigenvalue weighted by atomic mass is 16.4. The molecule has 5 heteroatoms. The molecule has 0 amide bonds. The maximum Gasteiger partial charge on any atom is 0.335 e. The molecule has 0 heterocycles. The number of aliphatic hydroxyl groups excluding tert-OH is 1. The van der Waals surface area contributed by atoms with Crippen LogP contribution in [0.2, 0.25) is 0 Å². The van der Waals surface area contributed by atoms with Crippen LogP contribution in [-0.2, 0) is 4.79 Å². The van der Waals surface area contributed by atoms with Gasteiger partial charge in [0.15, 0.2) is 12.0 Å². The number of anilines is 1. The fraction of sp³-hybridized carbons (Fsp3) is 0.